The van der Waals surface area contributed by atoms with Gasteiger partial charge in [0.25, 0.3) is 5.56 Å². The van der Waals surface area contributed by atoms with Crippen LogP contribution in [0.25, 0.3) is 27.8 Å². The first-order valence-electron chi connectivity index (χ1n) is 11.9. The van der Waals surface area contributed by atoms with Crippen LogP contribution in [0.3, 0.4) is 0 Å². The number of fused-ring (bicyclic) bond motifs is 1. The van der Waals surface area contributed by atoms with E-state index >= 15 is 0 Å². The van der Waals surface area contributed by atoms with Crippen molar-refractivity contribution >= 4 is 34.2 Å². The molecule has 9 heteroatoms. The van der Waals surface area contributed by atoms with Crippen LogP contribution in [0.15, 0.2) is 53.7 Å². The molecule has 2 N–H and O–H groups in total. The maximum absolute atomic E-state index is 13.9. The van der Waals surface area contributed by atoms with Gasteiger partial charge in [0, 0.05) is 47.0 Å². The molecule has 0 amide bonds. The van der Waals surface area contributed by atoms with Gasteiger partial charge in [0.1, 0.15) is 12.1 Å². The largest absolute Gasteiger partial charge is 0.508 e. The van der Waals surface area contributed by atoms with E-state index in [0.717, 1.165) is 41.8 Å². The number of aromatic nitrogens is 3. The third-order valence-electron chi connectivity index (χ3n) is 6.52. The zero-order valence-electron chi connectivity index (χ0n) is 20.1. The van der Waals surface area contributed by atoms with E-state index < -0.39 is 0 Å². The number of benzene rings is 2. The summed E-state index contributed by atoms with van der Waals surface area (Å²) in [5.74, 6) is -0.0326. The third kappa shape index (κ3) is 5.11. The summed E-state index contributed by atoms with van der Waals surface area (Å²) in [6, 6.07) is 10.8. The van der Waals surface area contributed by atoms with Crippen molar-refractivity contribution in [2.45, 2.75) is 32.4 Å². The van der Waals surface area contributed by atoms with Crippen molar-refractivity contribution < 1.29 is 5.11 Å². The molecule has 0 saturated carbocycles. The highest BCUT2D eigenvalue weighted by molar-refractivity contribution is 6.31. The molecule has 1 atom stereocenters. The first-order valence-corrected chi connectivity index (χ1v) is 12.6. The number of phenols is 1. The second kappa shape index (κ2) is 10.2. The van der Waals surface area contributed by atoms with E-state index in [1.807, 2.05) is 25.1 Å². The maximum atomic E-state index is 13.9. The van der Waals surface area contributed by atoms with Gasteiger partial charge in [-0.3, -0.25) is 9.36 Å². The van der Waals surface area contributed by atoms with E-state index in [9.17, 15) is 9.90 Å². The first-order chi connectivity index (χ1) is 17.3. The molecular weight excluding hydrogens is 497 g/mol. The molecule has 7 nitrogen and oxygen atoms in total. The topological polar surface area (TPSA) is 83.3 Å². The van der Waals surface area contributed by atoms with Gasteiger partial charge in [-0.25, -0.2) is 9.97 Å². The van der Waals surface area contributed by atoms with Crippen LogP contribution in [0.1, 0.15) is 24.0 Å². The quantitative estimate of drug-likeness (QED) is 0.372. The molecule has 1 fully saturated rings. The lowest BCUT2D eigenvalue weighted by Gasteiger charge is -2.23. The lowest BCUT2D eigenvalue weighted by molar-refractivity contribution is 0.294. The molecular formula is C27H27Cl2N5O2. The molecule has 2 aromatic heterocycles. The Kier molecular flexibility index (Phi) is 6.99. The van der Waals surface area contributed by atoms with E-state index in [1.54, 1.807) is 12.3 Å². The van der Waals surface area contributed by atoms with E-state index in [4.69, 9.17) is 23.2 Å². The number of phenolic OH excluding ortho intramolecular Hbond substituents is 1. The van der Waals surface area contributed by atoms with Crippen molar-refractivity contribution in [2.24, 2.45) is 0 Å². The Labute approximate surface area is 219 Å². The number of nitrogens with zero attached hydrogens (tertiary/aromatic N) is 4. The van der Waals surface area contributed by atoms with Gasteiger partial charge < -0.3 is 15.3 Å². The summed E-state index contributed by atoms with van der Waals surface area (Å²) in [7, 11) is 2.06. The predicted molar refractivity (Wildman–Crippen MR) is 144 cm³/mol. The van der Waals surface area contributed by atoms with Crippen molar-refractivity contribution in [3.8, 4) is 22.6 Å². The summed E-state index contributed by atoms with van der Waals surface area (Å²) in [6.45, 7) is 4.40. The molecule has 0 aliphatic carbocycles. The van der Waals surface area contributed by atoms with Crippen LogP contribution in [0.5, 0.6) is 5.75 Å². The molecule has 5 rings (SSSR count). The van der Waals surface area contributed by atoms with Gasteiger partial charge in [-0.05, 0) is 74.3 Å². The highest BCUT2D eigenvalue weighted by atomic mass is 35.5. The first kappa shape index (κ1) is 24.7. The lowest BCUT2D eigenvalue weighted by Crippen LogP contribution is -2.35. The van der Waals surface area contributed by atoms with Gasteiger partial charge in [0.15, 0.2) is 5.65 Å². The summed E-state index contributed by atoms with van der Waals surface area (Å²) in [5.41, 5.74) is 4.10. The van der Waals surface area contributed by atoms with Crippen LogP contribution in [0.2, 0.25) is 10.0 Å². The highest BCUT2D eigenvalue weighted by Crippen LogP contribution is 2.31. The van der Waals surface area contributed by atoms with Crippen molar-refractivity contribution in [1.82, 2.24) is 24.8 Å². The van der Waals surface area contributed by atoms with E-state index in [1.165, 1.54) is 29.4 Å². The summed E-state index contributed by atoms with van der Waals surface area (Å²) >= 11 is 12.6. The summed E-state index contributed by atoms with van der Waals surface area (Å²) in [5, 5.41) is 15.0. The Hall–Kier alpha value is -2.97. The smallest absolute Gasteiger partial charge is 0.267 e. The van der Waals surface area contributed by atoms with Crippen LogP contribution in [0.4, 0.5) is 0 Å². The molecule has 0 spiro atoms. The maximum Gasteiger partial charge on any atom is 0.267 e. The second-order valence-electron chi connectivity index (χ2n) is 9.44. The van der Waals surface area contributed by atoms with Crippen LogP contribution in [0, 0.1) is 6.92 Å². The minimum atomic E-state index is -0.280. The molecule has 3 heterocycles. The molecule has 2 aromatic carbocycles. The Morgan fingerprint density at radius 3 is 2.67 bits per heavy atom. The molecule has 0 radical (unpaired) electrons. The van der Waals surface area contributed by atoms with Crippen LogP contribution >= 0.6 is 23.2 Å². The molecule has 1 saturated heterocycles. The average molecular weight is 524 g/mol. The number of hydrogen-bond donors (Lipinski definition) is 2. The number of likely N-dealkylation sites (N-methyl/N-ethyl adjacent to an activating group) is 1. The molecule has 186 valence electrons. The molecule has 4 aromatic rings. The van der Waals surface area contributed by atoms with E-state index in [0.29, 0.717) is 39.4 Å². The number of nitrogens with one attached hydrogen (secondary N) is 1. The molecule has 0 unspecified atom stereocenters. The summed E-state index contributed by atoms with van der Waals surface area (Å²) in [4.78, 5) is 25.2. The SMILES string of the molecule is Cc1cc(Cl)cc(-c2cnc3ncn(-c4cc(O)cc(Cl)c4)c(=O)c3c2CN(C)C[C@@H]2CCCN2)c1. The Morgan fingerprint density at radius 1 is 1.14 bits per heavy atom. The molecule has 0 bridgehead atoms. The van der Waals surface area contributed by atoms with Crippen LogP contribution < -0.4 is 10.9 Å². The van der Waals surface area contributed by atoms with Crippen LogP contribution in [-0.4, -0.2) is 50.7 Å². The van der Waals surface area contributed by atoms with Gasteiger partial charge in [0.2, 0.25) is 0 Å². The average Bonchev–Trinajstić information content (AvgIpc) is 3.31. The summed E-state index contributed by atoms with van der Waals surface area (Å²) < 4.78 is 1.39. The normalized spacial score (nSPS) is 15.8. The number of halogens is 2. The lowest BCUT2D eigenvalue weighted by atomic mass is 9.97. The fraction of sp³-hybridized carbons (Fsp3) is 0.296. The van der Waals surface area contributed by atoms with Gasteiger partial charge >= 0.3 is 0 Å². The van der Waals surface area contributed by atoms with Crippen molar-refractivity contribution in [3.63, 3.8) is 0 Å². The van der Waals surface area contributed by atoms with Crippen molar-refractivity contribution in [2.75, 3.05) is 20.1 Å². The summed E-state index contributed by atoms with van der Waals surface area (Å²) in [6.07, 6.45) is 5.49. The number of pyridine rings is 1. The van der Waals surface area contributed by atoms with Gasteiger partial charge in [-0.1, -0.05) is 29.3 Å². The Morgan fingerprint density at radius 2 is 1.94 bits per heavy atom. The fourth-order valence-corrected chi connectivity index (χ4v) is 5.47. The van der Waals surface area contributed by atoms with Crippen molar-refractivity contribution in [1.29, 1.82) is 0 Å². The van der Waals surface area contributed by atoms with E-state index in [-0.39, 0.29) is 11.3 Å². The fourth-order valence-electron chi connectivity index (χ4n) is 4.96. The number of rotatable bonds is 6. The van der Waals surface area contributed by atoms with Gasteiger partial charge in [-0.2, -0.15) is 0 Å². The highest BCUT2D eigenvalue weighted by Gasteiger charge is 2.21. The monoisotopic (exact) mass is 523 g/mol. The van der Waals surface area contributed by atoms with Gasteiger partial charge in [0.05, 0.1) is 11.1 Å². The Balaban J connectivity index is 1.71. The minimum absolute atomic E-state index is 0.0326. The zero-order valence-corrected chi connectivity index (χ0v) is 21.6. The number of hydrogen-bond acceptors (Lipinski definition) is 6. The van der Waals surface area contributed by atoms with Gasteiger partial charge in [-0.15, -0.1) is 0 Å². The van der Waals surface area contributed by atoms with E-state index in [2.05, 4.69) is 27.2 Å². The van der Waals surface area contributed by atoms with Crippen LogP contribution in [-0.2, 0) is 6.54 Å². The third-order valence-corrected chi connectivity index (χ3v) is 6.95. The number of aromatic hydroxyl groups is 1. The minimum Gasteiger partial charge on any atom is -0.508 e. The molecule has 1 aliphatic rings. The standard InChI is InChI=1S/C27H27Cl2N5O2/c1-16-6-17(8-18(28)7-16)23-12-31-26-25(24(23)14-33(2)13-20-4-3-5-30-20)27(36)34(15-32-26)21-9-19(29)10-22(35)11-21/h6-12,15,20,30,35H,3-5,13-14H2,1-2H3/t20-/m0/s1. The molecule has 36 heavy (non-hydrogen) atoms. The Bertz CT molecular complexity index is 1450. The van der Waals surface area contributed by atoms with Crippen molar-refractivity contribution in [3.05, 3.63) is 80.4 Å². The predicted octanol–water partition coefficient (Wildman–Crippen LogP) is 4.95. The second-order valence-corrected chi connectivity index (χ2v) is 10.3. The molecule has 1 aliphatic heterocycles. The number of aryl methyl sites for hydroxylation is 1. The zero-order chi connectivity index (χ0) is 25.4.